The standard InChI is InChI=1S/C11H9N5O3/c17-10-9(13-14-11-12-5-6-15(10)11)7-1-3-8(4-2-7)16(18)19/h1-4H,5-6H2,(H,12,14). The van der Waals surface area contributed by atoms with E-state index in [9.17, 15) is 14.9 Å². The number of hydrogen-bond donors (Lipinski definition) is 1. The Kier molecular flexibility index (Phi) is 2.48. The second-order valence-electron chi connectivity index (χ2n) is 4.06. The van der Waals surface area contributed by atoms with Crippen molar-refractivity contribution in [2.45, 2.75) is 6.54 Å². The molecule has 0 saturated heterocycles. The molecule has 1 aromatic carbocycles. The smallest absolute Gasteiger partial charge is 0.281 e. The van der Waals surface area contributed by atoms with E-state index in [4.69, 9.17) is 0 Å². The van der Waals surface area contributed by atoms with Gasteiger partial charge in [0.15, 0.2) is 5.69 Å². The van der Waals surface area contributed by atoms with Crippen LogP contribution >= 0.6 is 0 Å². The molecule has 0 radical (unpaired) electrons. The molecule has 0 spiro atoms. The van der Waals surface area contributed by atoms with Crippen LogP contribution in [0.15, 0.2) is 29.1 Å². The molecular weight excluding hydrogens is 250 g/mol. The van der Waals surface area contributed by atoms with Crippen LogP contribution in [0.3, 0.4) is 0 Å². The van der Waals surface area contributed by atoms with Gasteiger partial charge in [-0.25, -0.2) is 0 Å². The Hall–Kier alpha value is -2.77. The third kappa shape index (κ3) is 1.82. The monoisotopic (exact) mass is 259 g/mol. The largest absolute Gasteiger partial charge is 0.352 e. The van der Waals surface area contributed by atoms with E-state index in [1.165, 1.54) is 28.8 Å². The molecule has 0 unspecified atom stereocenters. The van der Waals surface area contributed by atoms with Crippen molar-refractivity contribution < 1.29 is 4.92 Å². The van der Waals surface area contributed by atoms with E-state index < -0.39 is 4.92 Å². The second-order valence-corrected chi connectivity index (χ2v) is 4.06. The zero-order chi connectivity index (χ0) is 13.4. The lowest BCUT2D eigenvalue weighted by Crippen LogP contribution is -2.22. The molecule has 3 rings (SSSR count). The van der Waals surface area contributed by atoms with Crippen molar-refractivity contribution in [2.75, 3.05) is 11.9 Å². The number of nitrogens with one attached hydrogen (secondary N) is 1. The van der Waals surface area contributed by atoms with Gasteiger partial charge in [-0.3, -0.25) is 19.5 Å². The zero-order valence-corrected chi connectivity index (χ0v) is 9.74. The first-order valence-corrected chi connectivity index (χ1v) is 5.63. The van der Waals surface area contributed by atoms with E-state index in [1.807, 2.05) is 0 Å². The quantitative estimate of drug-likeness (QED) is 0.627. The summed E-state index contributed by atoms with van der Waals surface area (Å²) in [6.07, 6.45) is 0. The van der Waals surface area contributed by atoms with Crippen LogP contribution in [0.25, 0.3) is 11.3 Å². The van der Waals surface area contributed by atoms with Gasteiger partial charge in [0.05, 0.1) is 4.92 Å². The van der Waals surface area contributed by atoms with Gasteiger partial charge < -0.3 is 5.32 Å². The molecule has 8 heteroatoms. The summed E-state index contributed by atoms with van der Waals surface area (Å²) in [6, 6.07) is 5.68. The van der Waals surface area contributed by atoms with Crippen molar-refractivity contribution in [3.63, 3.8) is 0 Å². The molecule has 19 heavy (non-hydrogen) atoms. The molecule has 0 saturated carbocycles. The maximum atomic E-state index is 12.2. The van der Waals surface area contributed by atoms with E-state index in [0.29, 0.717) is 24.6 Å². The maximum absolute atomic E-state index is 12.2. The van der Waals surface area contributed by atoms with E-state index in [0.717, 1.165) is 0 Å². The van der Waals surface area contributed by atoms with Crippen molar-refractivity contribution in [3.05, 3.63) is 44.7 Å². The van der Waals surface area contributed by atoms with E-state index in [2.05, 4.69) is 15.5 Å². The Morgan fingerprint density at radius 3 is 2.68 bits per heavy atom. The molecule has 96 valence electrons. The fourth-order valence-electron chi connectivity index (χ4n) is 1.96. The van der Waals surface area contributed by atoms with Crippen molar-refractivity contribution in [1.82, 2.24) is 14.8 Å². The van der Waals surface area contributed by atoms with Crippen molar-refractivity contribution in [3.8, 4) is 11.3 Å². The van der Waals surface area contributed by atoms with Crippen LogP contribution in [0.1, 0.15) is 0 Å². The van der Waals surface area contributed by atoms with Crippen molar-refractivity contribution in [2.24, 2.45) is 0 Å². The lowest BCUT2D eigenvalue weighted by Gasteiger charge is -2.03. The number of hydrogen-bond acceptors (Lipinski definition) is 6. The SMILES string of the molecule is O=c1c(-c2ccc([N+](=O)[O-])cc2)nnc2n1CCN2. The number of rotatable bonds is 2. The van der Waals surface area contributed by atoms with Crippen LogP contribution in [-0.4, -0.2) is 26.2 Å². The first-order valence-electron chi connectivity index (χ1n) is 5.63. The van der Waals surface area contributed by atoms with Crippen LogP contribution in [0, 0.1) is 10.1 Å². The normalized spacial score (nSPS) is 12.8. The minimum atomic E-state index is -0.491. The predicted octanol–water partition coefficient (Wildman–Crippen LogP) is 0.639. The summed E-state index contributed by atoms with van der Waals surface area (Å²) in [7, 11) is 0. The Morgan fingerprint density at radius 2 is 2.00 bits per heavy atom. The van der Waals surface area contributed by atoms with Crippen molar-refractivity contribution in [1.29, 1.82) is 0 Å². The summed E-state index contributed by atoms with van der Waals surface area (Å²) in [6.45, 7) is 1.19. The van der Waals surface area contributed by atoms with Crippen LogP contribution in [-0.2, 0) is 6.54 Å². The molecule has 8 nitrogen and oxygen atoms in total. The van der Waals surface area contributed by atoms with E-state index >= 15 is 0 Å². The van der Waals surface area contributed by atoms with Crippen molar-refractivity contribution >= 4 is 11.6 Å². The Bertz CT molecular complexity index is 707. The average molecular weight is 259 g/mol. The van der Waals surface area contributed by atoms with Gasteiger partial charge in [-0.1, -0.05) is 0 Å². The molecule has 2 heterocycles. The number of benzene rings is 1. The number of non-ortho nitro benzene ring substituents is 1. The minimum Gasteiger partial charge on any atom is -0.352 e. The van der Waals surface area contributed by atoms with E-state index in [1.54, 1.807) is 0 Å². The topological polar surface area (TPSA) is 103 Å². The van der Waals surface area contributed by atoms with Gasteiger partial charge in [0.1, 0.15) is 0 Å². The van der Waals surface area contributed by atoms with Gasteiger partial charge in [0, 0.05) is 30.8 Å². The third-order valence-electron chi connectivity index (χ3n) is 2.92. The Balaban J connectivity index is 2.08. The molecule has 2 aromatic rings. The molecular formula is C11H9N5O3. The summed E-state index contributed by atoms with van der Waals surface area (Å²) in [5.41, 5.74) is 0.441. The lowest BCUT2D eigenvalue weighted by atomic mass is 10.1. The first-order chi connectivity index (χ1) is 9.16. The van der Waals surface area contributed by atoms with Gasteiger partial charge >= 0.3 is 0 Å². The summed E-state index contributed by atoms with van der Waals surface area (Å²) < 4.78 is 1.50. The summed E-state index contributed by atoms with van der Waals surface area (Å²) in [5, 5.41) is 21.3. The molecule has 1 aliphatic rings. The highest BCUT2D eigenvalue weighted by atomic mass is 16.6. The zero-order valence-electron chi connectivity index (χ0n) is 9.74. The lowest BCUT2D eigenvalue weighted by molar-refractivity contribution is -0.384. The number of fused-ring (bicyclic) bond motifs is 1. The van der Waals surface area contributed by atoms with Crippen LogP contribution in [0.2, 0.25) is 0 Å². The molecule has 0 atom stereocenters. The highest BCUT2D eigenvalue weighted by Crippen LogP contribution is 2.18. The van der Waals surface area contributed by atoms with Crippen LogP contribution in [0.4, 0.5) is 11.6 Å². The second kappa shape index (κ2) is 4.16. The molecule has 1 N–H and O–H groups in total. The number of nitro benzene ring substituents is 1. The summed E-state index contributed by atoms with van der Waals surface area (Å²) in [4.78, 5) is 22.2. The van der Waals surface area contributed by atoms with Gasteiger partial charge in [-0.05, 0) is 12.1 Å². The molecule has 1 aromatic heterocycles. The van der Waals surface area contributed by atoms with Gasteiger partial charge in [-0.15, -0.1) is 10.2 Å². The molecule has 0 aliphatic carbocycles. The summed E-state index contributed by atoms with van der Waals surface area (Å²) >= 11 is 0. The number of anilines is 1. The molecule has 0 bridgehead atoms. The van der Waals surface area contributed by atoms with Gasteiger partial charge in [0.25, 0.3) is 11.2 Å². The minimum absolute atomic E-state index is 0.0281. The van der Waals surface area contributed by atoms with Gasteiger partial charge in [-0.2, -0.15) is 0 Å². The molecule has 0 fully saturated rings. The third-order valence-corrected chi connectivity index (χ3v) is 2.92. The Morgan fingerprint density at radius 1 is 1.26 bits per heavy atom. The van der Waals surface area contributed by atoms with Gasteiger partial charge in [0.2, 0.25) is 5.95 Å². The summed E-state index contributed by atoms with van der Waals surface area (Å²) in [5.74, 6) is 0.454. The van der Waals surface area contributed by atoms with Crippen LogP contribution in [0.5, 0.6) is 0 Å². The fourth-order valence-corrected chi connectivity index (χ4v) is 1.96. The maximum Gasteiger partial charge on any atom is 0.281 e. The average Bonchev–Trinajstić information content (AvgIpc) is 2.88. The number of aromatic nitrogens is 3. The predicted molar refractivity (Wildman–Crippen MR) is 66.9 cm³/mol. The number of nitrogens with zero attached hydrogens (tertiary/aromatic N) is 4. The Labute approximate surface area is 106 Å². The molecule has 0 amide bonds. The highest BCUT2D eigenvalue weighted by Gasteiger charge is 2.17. The number of nitro groups is 1. The van der Waals surface area contributed by atoms with E-state index in [-0.39, 0.29) is 16.9 Å². The first kappa shape index (κ1) is 11.3. The fraction of sp³-hybridized carbons (Fsp3) is 0.182. The highest BCUT2D eigenvalue weighted by molar-refractivity contribution is 5.60. The molecule has 1 aliphatic heterocycles. The van der Waals surface area contributed by atoms with Crippen LogP contribution < -0.4 is 10.9 Å².